The van der Waals surface area contributed by atoms with Gasteiger partial charge in [0.05, 0.1) is 17.4 Å². The van der Waals surface area contributed by atoms with E-state index < -0.39 is 6.43 Å². The number of halogens is 3. The van der Waals surface area contributed by atoms with Crippen LogP contribution in [0.25, 0.3) is 0 Å². The Bertz CT molecular complexity index is 317. The predicted octanol–water partition coefficient (Wildman–Crippen LogP) is 2.08. The molecule has 0 amide bonds. The minimum atomic E-state index is -2.65. The molecule has 1 heterocycles. The van der Waals surface area contributed by atoms with E-state index in [-0.39, 0.29) is 22.4 Å². The Kier molecular flexibility index (Phi) is 3.02. The van der Waals surface area contributed by atoms with E-state index in [0.29, 0.717) is 5.56 Å². The van der Waals surface area contributed by atoms with Crippen molar-refractivity contribution >= 4 is 27.4 Å². The van der Waals surface area contributed by atoms with E-state index in [2.05, 4.69) is 20.9 Å². The minimum absolute atomic E-state index is 0.168. The van der Waals surface area contributed by atoms with Crippen LogP contribution in [0.2, 0.25) is 0 Å². The van der Waals surface area contributed by atoms with E-state index in [9.17, 15) is 8.78 Å². The van der Waals surface area contributed by atoms with Gasteiger partial charge in [-0.1, -0.05) is 15.9 Å². The third-order valence-electron chi connectivity index (χ3n) is 1.64. The summed E-state index contributed by atoms with van der Waals surface area (Å²) in [7, 11) is 0. The van der Waals surface area contributed by atoms with Crippen LogP contribution in [0, 0.1) is 0 Å². The number of nitrogens with zero attached hydrogens (tertiary/aromatic N) is 1. The molecular weight excluding hydrogens is 244 g/mol. The van der Waals surface area contributed by atoms with Crippen LogP contribution >= 0.6 is 15.9 Å². The van der Waals surface area contributed by atoms with Gasteiger partial charge in [0.15, 0.2) is 0 Å². The summed E-state index contributed by atoms with van der Waals surface area (Å²) in [5, 5.41) is 0.241. The van der Waals surface area contributed by atoms with Crippen molar-refractivity contribution in [2.45, 2.75) is 11.8 Å². The fourth-order valence-electron chi connectivity index (χ4n) is 0.989. The van der Waals surface area contributed by atoms with Crippen LogP contribution in [0.15, 0.2) is 6.20 Å². The molecule has 72 valence electrons. The van der Waals surface area contributed by atoms with Gasteiger partial charge in [-0.15, -0.1) is 0 Å². The lowest BCUT2D eigenvalue weighted by molar-refractivity contribution is 0.151. The molecule has 1 aromatic rings. The number of nitrogens with two attached hydrogens (primary N) is 2. The number of aromatic nitrogens is 1. The van der Waals surface area contributed by atoms with Crippen LogP contribution in [0.3, 0.4) is 0 Å². The monoisotopic (exact) mass is 251 g/mol. The summed E-state index contributed by atoms with van der Waals surface area (Å²) >= 11 is 3.06. The van der Waals surface area contributed by atoms with E-state index in [1.165, 1.54) is 6.20 Å². The Morgan fingerprint density at radius 2 is 2.08 bits per heavy atom. The molecule has 0 aliphatic carbocycles. The van der Waals surface area contributed by atoms with E-state index >= 15 is 0 Å². The lowest BCUT2D eigenvalue weighted by Gasteiger charge is -2.10. The average molecular weight is 252 g/mol. The molecule has 0 aromatic carbocycles. The second-order valence-corrected chi connectivity index (χ2v) is 2.99. The smallest absolute Gasteiger partial charge is 0.267 e. The van der Waals surface area contributed by atoms with Crippen molar-refractivity contribution < 1.29 is 8.78 Å². The minimum Gasteiger partial charge on any atom is -0.397 e. The zero-order valence-corrected chi connectivity index (χ0v) is 8.18. The molecule has 0 saturated heterocycles. The topological polar surface area (TPSA) is 64.9 Å². The van der Waals surface area contributed by atoms with Crippen LogP contribution in [0.4, 0.5) is 20.3 Å². The number of pyridine rings is 1. The molecule has 0 unspecified atom stereocenters. The molecule has 0 aliphatic rings. The number of rotatable bonds is 2. The number of hydrogen-bond acceptors (Lipinski definition) is 3. The van der Waals surface area contributed by atoms with Crippen LogP contribution in [0.5, 0.6) is 0 Å². The molecule has 0 aliphatic heterocycles. The SMILES string of the molecule is Nc1cnc(N)c(C(F)F)c1CBr. The molecule has 0 fully saturated rings. The lowest BCUT2D eigenvalue weighted by atomic mass is 10.1. The van der Waals surface area contributed by atoms with Crippen molar-refractivity contribution in [2.75, 3.05) is 11.5 Å². The summed E-state index contributed by atoms with van der Waals surface area (Å²) in [5.41, 5.74) is 11.0. The maximum absolute atomic E-state index is 12.5. The van der Waals surface area contributed by atoms with Gasteiger partial charge in [0.25, 0.3) is 6.43 Å². The van der Waals surface area contributed by atoms with Crippen LogP contribution in [-0.2, 0) is 5.33 Å². The van der Waals surface area contributed by atoms with E-state index in [1.54, 1.807) is 0 Å². The molecule has 3 nitrogen and oxygen atoms in total. The summed E-state index contributed by atoms with van der Waals surface area (Å²) in [6.07, 6.45) is -1.37. The van der Waals surface area contributed by atoms with Gasteiger partial charge < -0.3 is 11.5 Å². The van der Waals surface area contributed by atoms with Gasteiger partial charge in [-0.2, -0.15) is 0 Å². The quantitative estimate of drug-likeness (QED) is 0.792. The lowest BCUT2D eigenvalue weighted by Crippen LogP contribution is -2.05. The Hall–Kier alpha value is -0.910. The van der Waals surface area contributed by atoms with Gasteiger partial charge in [0.1, 0.15) is 5.82 Å². The van der Waals surface area contributed by atoms with Crippen molar-refractivity contribution in [2.24, 2.45) is 0 Å². The van der Waals surface area contributed by atoms with Crippen LogP contribution in [-0.4, -0.2) is 4.98 Å². The maximum atomic E-state index is 12.5. The van der Waals surface area contributed by atoms with Gasteiger partial charge in [0.2, 0.25) is 0 Å². The van der Waals surface area contributed by atoms with Crippen LogP contribution in [0.1, 0.15) is 17.6 Å². The summed E-state index contributed by atoms with van der Waals surface area (Å²) < 4.78 is 24.9. The Labute approximate surface area is 82.3 Å². The van der Waals surface area contributed by atoms with Gasteiger partial charge in [-0.3, -0.25) is 0 Å². The first kappa shape index (κ1) is 10.2. The fourth-order valence-corrected chi connectivity index (χ4v) is 1.62. The van der Waals surface area contributed by atoms with Crippen molar-refractivity contribution in [3.8, 4) is 0 Å². The van der Waals surface area contributed by atoms with Crippen molar-refractivity contribution in [1.82, 2.24) is 4.98 Å². The summed E-state index contributed by atoms with van der Waals surface area (Å²) in [6.45, 7) is 0. The highest BCUT2D eigenvalue weighted by Crippen LogP contribution is 2.31. The molecule has 0 radical (unpaired) electrons. The maximum Gasteiger partial charge on any atom is 0.267 e. The highest BCUT2D eigenvalue weighted by molar-refractivity contribution is 9.08. The first-order valence-corrected chi connectivity index (χ1v) is 4.57. The standard InChI is InChI=1S/C7H8BrF2N3/c8-1-3-4(11)2-13-7(12)5(3)6(9)10/h2,6H,1,11H2,(H2,12,13). The number of hydrogen-bond donors (Lipinski definition) is 2. The van der Waals surface area contributed by atoms with Gasteiger partial charge in [-0.05, 0) is 5.56 Å². The second kappa shape index (κ2) is 3.87. The van der Waals surface area contributed by atoms with Crippen molar-refractivity contribution in [3.05, 3.63) is 17.3 Å². The van der Waals surface area contributed by atoms with Crippen molar-refractivity contribution in [3.63, 3.8) is 0 Å². The largest absolute Gasteiger partial charge is 0.397 e. The molecule has 0 spiro atoms. The Balaban J connectivity index is 3.35. The third kappa shape index (κ3) is 1.88. The first-order valence-electron chi connectivity index (χ1n) is 3.44. The van der Waals surface area contributed by atoms with E-state index in [0.717, 1.165) is 0 Å². The van der Waals surface area contributed by atoms with Crippen LogP contribution < -0.4 is 11.5 Å². The van der Waals surface area contributed by atoms with E-state index in [1.807, 2.05) is 0 Å². The summed E-state index contributed by atoms with van der Waals surface area (Å²) in [5.74, 6) is -0.168. The van der Waals surface area contributed by atoms with Gasteiger partial charge in [-0.25, -0.2) is 13.8 Å². The molecule has 0 atom stereocenters. The summed E-state index contributed by atoms with van der Waals surface area (Å²) in [6, 6.07) is 0. The zero-order valence-electron chi connectivity index (χ0n) is 6.60. The fraction of sp³-hybridized carbons (Fsp3) is 0.286. The number of alkyl halides is 3. The predicted molar refractivity (Wildman–Crippen MR) is 50.6 cm³/mol. The molecule has 0 bridgehead atoms. The van der Waals surface area contributed by atoms with Gasteiger partial charge >= 0.3 is 0 Å². The van der Waals surface area contributed by atoms with Gasteiger partial charge in [0, 0.05) is 5.33 Å². The molecule has 1 aromatic heterocycles. The number of anilines is 2. The zero-order chi connectivity index (χ0) is 10.0. The molecule has 6 heteroatoms. The summed E-state index contributed by atoms with van der Waals surface area (Å²) in [4.78, 5) is 3.56. The third-order valence-corrected chi connectivity index (χ3v) is 2.20. The molecule has 13 heavy (non-hydrogen) atoms. The molecule has 1 rings (SSSR count). The normalized spacial score (nSPS) is 10.8. The first-order chi connectivity index (χ1) is 6.07. The molecule has 0 saturated carbocycles. The highest BCUT2D eigenvalue weighted by atomic mass is 79.9. The molecule has 4 N–H and O–H groups in total. The highest BCUT2D eigenvalue weighted by Gasteiger charge is 2.18. The second-order valence-electron chi connectivity index (χ2n) is 2.43. The molecular formula is C7H8BrF2N3. The van der Waals surface area contributed by atoms with E-state index in [4.69, 9.17) is 11.5 Å². The Morgan fingerprint density at radius 3 is 2.46 bits per heavy atom. The Morgan fingerprint density at radius 1 is 1.46 bits per heavy atom. The average Bonchev–Trinajstić information content (AvgIpc) is 2.07. The number of nitrogen functional groups attached to an aromatic ring is 2. The van der Waals surface area contributed by atoms with Crippen molar-refractivity contribution in [1.29, 1.82) is 0 Å².